The lowest BCUT2D eigenvalue weighted by atomic mass is 10.2. The van der Waals surface area contributed by atoms with Gasteiger partial charge in [-0.25, -0.2) is 0 Å². The van der Waals surface area contributed by atoms with Crippen molar-refractivity contribution in [3.63, 3.8) is 0 Å². The molecule has 0 heterocycles. The van der Waals surface area contributed by atoms with Gasteiger partial charge >= 0.3 is 0 Å². The van der Waals surface area contributed by atoms with Crippen molar-refractivity contribution in [1.29, 1.82) is 0 Å². The minimum absolute atomic E-state index is 0.334. The fourth-order valence-corrected chi connectivity index (χ4v) is 2.78. The lowest BCUT2D eigenvalue weighted by Gasteiger charge is -2.18. The third-order valence-electron chi connectivity index (χ3n) is 2.22. The highest BCUT2D eigenvalue weighted by Crippen LogP contribution is 2.36. The lowest BCUT2D eigenvalue weighted by Crippen LogP contribution is -2.07. The zero-order chi connectivity index (χ0) is 9.47. The molecule has 0 unspecified atom stereocenters. The largest absolute Gasteiger partial charge is 0.120 e. The van der Waals surface area contributed by atoms with Gasteiger partial charge in [-0.15, -0.1) is 11.8 Å². The van der Waals surface area contributed by atoms with Crippen LogP contribution < -0.4 is 0 Å². The average Bonchev–Trinajstić information content (AvgIpc) is 2.37. The normalized spacial score (nSPS) is 15.0. The molecular formula is C12H16S. The summed E-state index contributed by atoms with van der Waals surface area (Å²) in [6.07, 6.45) is 2.50. The first kappa shape index (κ1) is 9.14. The number of thioether (sulfide) groups is 1. The van der Waals surface area contributed by atoms with Gasteiger partial charge < -0.3 is 0 Å². The standard InChI is InChI=1S/C12H16S/c1-12(2,3)13-11-7-5-9-4-6-10(11)8-9/h5,7-8H,4,6H2,1-3H3. The van der Waals surface area contributed by atoms with Gasteiger partial charge in [0.25, 0.3) is 0 Å². The quantitative estimate of drug-likeness (QED) is 0.612. The molecule has 0 saturated heterocycles. The van der Waals surface area contributed by atoms with E-state index in [1.165, 1.54) is 23.3 Å². The van der Waals surface area contributed by atoms with Crippen molar-refractivity contribution in [2.24, 2.45) is 0 Å². The summed E-state index contributed by atoms with van der Waals surface area (Å²) in [4.78, 5) is 1.48. The molecular weight excluding hydrogens is 176 g/mol. The fourth-order valence-electron chi connectivity index (χ4n) is 1.69. The van der Waals surface area contributed by atoms with Crippen LogP contribution in [0.1, 0.15) is 31.9 Å². The van der Waals surface area contributed by atoms with Crippen molar-refractivity contribution >= 4 is 11.8 Å². The van der Waals surface area contributed by atoms with Gasteiger partial charge in [0.1, 0.15) is 0 Å². The Balaban J connectivity index is 2.25. The van der Waals surface area contributed by atoms with Gasteiger partial charge in [-0.2, -0.15) is 0 Å². The molecule has 0 radical (unpaired) electrons. The molecule has 0 fully saturated rings. The fraction of sp³-hybridized carbons (Fsp3) is 0.500. The van der Waals surface area contributed by atoms with Gasteiger partial charge in [0.2, 0.25) is 0 Å². The van der Waals surface area contributed by atoms with Gasteiger partial charge in [-0.1, -0.05) is 32.9 Å². The van der Waals surface area contributed by atoms with Crippen molar-refractivity contribution in [2.45, 2.75) is 43.3 Å². The maximum absolute atomic E-state index is 2.36. The topological polar surface area (TPSA) is 0 Å². The molecule has 0 saturated carbocycles. The molecule has 2 rings (SSSR count). The van der Waals surface area contributed by atoms with Gasteiger partial charge in [-0.05, 0) is 30.0 Å². The summed E-state index contributed by atoms with van der Waals surface area (Å²) in [5.74, 6) is 0. The second-order valence-corrected chi connectivity index (χ2v) is 6.53. The molecule has 2 bridgehead atoms. The molecule has 13 heavy (non-hydrogen) atoms. The van der Waals surface area contributed by atoms with Crippen LogP contribution in [0.3, 0.4) is 0 Å². The zero-order valence-corrected chi connectivity index (χ0v) is 9.37. The number of aryl methyl sites for hydroxylation is 2. The Morgan fingerprint density at radius 1 is 1.15 bits per heavy atom. The first-order valence-electron chi connectivity index (χ1n) is 4.85. The van der Waals surface area contributed by atoms with E-state index in [1.54, 1.807) is 5.56 Å². The summed E-state index contributed by atoms with van der Waals surface area (Å²) in [5.41, 5.74) is 3.06. The first-order valence-corrected chi connectivity index (χ1v) is 5.67. The minimum Gasteiger partial charge on any atom is -0.120 e. The second kappa shape index (κ2) is 3.06. The van der Waals surface area contributed by atoms with E-state index in [-0.39, 0.29) is 0 Å². The zero-order valence-electron chi connectivity index (χ0n) is 8.55. The molecule has 1 aliphatic carbocycles. The van der Waals surface area contributed by atoms with Crippen LogP contribution >= 0.6 is 11.8 Å². The highest BCUT2D eigenvalue weighted by molar-refractivity contribution is 8.00. The predicted molar refractivity (Wildman–Crippen MR) is 59.5 cm³/mol. The lowest BCUT2D eigenvalue weighted by molar-refractivity contribution is 0.801. The van der Waals surface area contributed by atoms with Crippen molar-refractivity contribution < 1.29 is 0 Å². The molecule has 1 heteroatoms. The molecule has 0 aliphatic heterocycles. The van der Waals surface area contributed by atoms with Gasteiger partial charge in [0, 0.05) is 9.64 Å². The molecule has 70 valence electrons. The molecule has 0 spiro atoms. The highest BCUT2D eigenvalue weighted by Gasteiger charge is 2.17. The Morgan fingerprint density at radius 2 is 1.92 bits per heavy atom. The average molecular weight is 192 g/mol. The van der Waals surface area contributed by atoms with E-state index in [0.29, 0.717) is 4.75 Å². The van der Waals surface area contributed by atoms with Crippen molar-refractivity contribution in [1.82, 2.24) is 0 Å². The van der Waals surface area contributed by atoms with Crippen LogP contribution in [-0.2, 0) is 12.8 Å². The van der Waals surface area contributed by atoms with Crippen LogP contribution in [0.5, 0.6) is 0 Å². The van der Waals surface area contributed by atoms with Crippen molar-refractivity contribution in [2.75, 3.05) is 0 Å². The summed E-state index contributed by atoms with van der Waals surface area (Å²) in [6.45, 7) is 6.81. The third kappa shape index (κ3) is 2.08. The summed E-state index contributed by atoms with van der Waals surface area (Å²) in [6, 6.07) is 6.91. The molecule has 1 aromatic rings. The van der Waals surface area contributed by atoms with Gasteiger partial charge in [-0.3, -0.25) is 0 Å². The number of fused-ring (bicyclic) bond motifs is 2. The molecule has 0 N–H and O–H groups in total. The molecule has 0 amide bonds. The Morgan fingerprint density at radius 3 is 2.62 bits per heavy atom. The molecule has 0 nitrogen and oxygen atoms in total. The van der Waals surface area contributed by atoms with Crippen LogP contribution in [0.4, 0.5) is 0 Å². The first-order chi connectivity index (χ1) is 6.04. The summed E-state index contributed by atoms with van der Waals surface area (Å²) in [5, 5.41) is 0. The van der Waals surface area contributed by atoms with E-state index in [1.807, 2.05) is 11.8 Å². The Kier molecular flexibility index (Phi) is 2.15. The molecule has 1 aromatic carbocycles. The van der Waals surface area contributed by atoms with Crippen LogP contribution in [-0.4, -0.2) is 4.75 Å². The monoisotopic (exact) mass is 192 g/mol. The van der Waals surface area contributed by atoms with Crippen LogP contribution in [0, 0.1) is 0 Å². The van der Waals surface area contributed by atoms with Crippen molar-refractivity contribution in [3.05, 3.63) is 29.3 Å². The summed E-state index contributed by atoms with van der Waals surface area (Å²) in [7, 11) is 0. The van der Waals surface area contributed by atoms with E-state index in [2.05, 4.69) is 39.0 Å². The maximum atomic E-state index is 2.36. The number of hydrogen-bond acceptors (Lipinski definition) is 1. The van der Waals surface area contributed by atoms with Crippen LogP contribution in [0.15, 0.2) is 23.1 Å². The maximum Gasteiger partial charge on any atom is 0.0122 e. The molecule has 1 aliphatic rings. The van der Waals surface area contributed by atoms with E-state index in [4.69, 9.17) is 0 Å². The smallest absolute Gasteiger partial charge is 0.0122 e. The van der Waals surface area contributed by atoms with E-state index in [9.17, 15) is 0 Å². The Bertz CT molecular complexity index is 320. The van der Waals surface area contributed by atoms with Gasteiger partial charge in [0.05, 0.1) is 0 Å². The van der Waals surface area contributed by atoms with E-state index >= 15 is 0 Å². The number of rotatable bonds is 1. The Labute approximate surface area is 84.7 Å². The van der Waals surface area contributed by atoms with Crippen LogP contribution in [0.25, 0.3) is 0 Å². The Hall–Kier alpha value is -0.430. The molecule has 0 aromatic heterocycles. The van der Waals surface area contributed by atoms with Gasteiger partial charge in [0.15, 0.2) is 0 Å². The highest BCUT2D eigenvalue weighted by atomic mass is 32.2. The SMILES string of the molecule is CC(C)(C)Sc1ccc2cc1CC2. The number of hydrogen-bond donors (Lipinski definition) is 0. The molecule has 0 atom stereocenters. The third-order valence-corrected chi connectivity index (χ3v) is 3.45. The number of benzene rings is 1. The van der Waals surface area contributed by atoms with E-state index in [0.717, 1.165) is 0 Å². The summed E-state index contributed by atoms with van der Waals surface area (Å²) >= 11 is 1.99. The predicted octanol–water partition coefficient (Wildman–Crippen LogP) is 3.68. The van der Waals surface area contributed by atoms with Crippen LogP contribution in [0.2, 0.25) is 0 Å². The second-order valence-electron chi connectivity index (χ2n) is 4.66. The van der Waals surface area contributed by atoms with E-state index < -0.39 is 0 Å². The van der Waals surface area contributed by atoms with Crippen molar-refractivity contribution in [3.8, 4) is 0 Å². The summed E-state index contributed by atoms with van der Waals surface area (Å²) < 4.78 is 0.334. The minimum atomic E-state index is 0.334.